The molecule has 1 amide bonds. The molecule has 36 heavy (non-hydrogen) atoms. The lowest BCUT2D eigenvalue weighted by molar-refractivity contribution is -0.137. The number of hydrogen-bond acceptors (Lipinski definition) is 4. The minimum Gasteiger partial charge on any atom is -0.325 e. The highest BCUT2D eigenvalue weighted by Gasteiger charge is 2.43. The van der Waals surface area contributed by atoms with Gasteiger partial charge < -0.3 is 5.32 Å². The molecule has 1 saturated heterocycles. The molecule has 0 bridgehead atoms. The summed E-state index contributed by atoms with van der Waals surface area (Å²) in [6.45, 7) is 2.51. The van der Waals surface area contributed by atoms with E-state index in [2.05, 4.69) is 5.32 Å². The molecular formula is C24H26Cl2F3N3O3S. The van der Waals surface area contributed by atoms with Crippen LogP contribution in [-0.4, -0.2) is 55.2 Å². The number of amides is 1. The van der Waals surface area contributed by atoms with Crippen molar-refractivity contribution >= 4 is 44.8 Å². The van der Waals surface area contributed by atoms with Crippen LogP contribution >= 0.6 is 23.2 Å². The van der Waals surface area contributed by atoms with Crippen LogP contribution in [0.2, 0.25) is 10.0 Å². The number of nitrogens with one attached hydrogen (secondary N) is 1. The van der Waals surface area contributed by atoms with Crippen molar-refractivity contribution in [1.29, 1.82) is 0 Å². The molecule has 1 N–H and O–H groups in total. The van der Waals surface area contributed by atoms with E-state index in [1.165, 1.54) is 31.2 Å². The van der Waals surface area contributed by atoms with Crippen LogP contribution in [0.25, 0.3) is 0 Å². The van der Waals surface area contributed by atoms with Gasteiger partial charge in [0.25, 0.3) is 0 Å². The van der Waals surface area contributed by atoms with Crippen molar-refractivity contribution in [3.8, 4) is 0 Å². The van der Waals surface area contributed by atoms with E-state index in [9.17, 15) is 26.4 Å². The lowest BCUT2D eigenvalue weighted by Gasteiger charge is -2.37. The highest BCUT2D eigenvalue weighted by molar-refractivity contribution is 7.89. The topological polar surface area (TPSA) is 69.7 Å². The van der Waals surface area contributed by atoms with E-state index in [-0.39, 0.29) is 39.3 Å². The number of anilines is 1. The van der Waals surface area contributed by atoms with E-state index < -0.39 is 27.7 Å². The predicted octanol–water partition coefficient (Wildman–Crippen LogP) is 5.58. The molecule has 2 aromatic rings. The zero-order valence-corrected chi connectivity index (χ0v) is 21.8. The second-order valence-corrected chi connectivity index (χ2v) is 11.9. The smallest absolute Gasteiger partial charge is 0.325 e. The Morgan fingerprint density at radius 3 is 2.25 bits per heavy atom. The maximum atomic E-state index is 13.4. The maximum Gasteiger partial charge on any atom is 0.416 e. The zero-order chi connectivity index (χ0) is 26.3. The minimum atomic E-state index is -4.50. The monoisotopic (exact) mass is 563 g/mol. The first-order valence-electron chi connectivity index (χ1n) is 11.5. The average Bonchev–Trinajstić information content (AvgIpc) is 3.60. The van der Waals surface area contributed by atoms with E-state index in [4.69, 9.17) is 23.2 Å². The second kappa shape index (κ2) is 10.5. The van der Waals surface area contributed by atoms with Crippen molar-refractivity contribution in [3.05, 3.63) is 57.6 Å². The molecule has 0 spiro atoms. The maximum absolute atomic E-state index is 13.4. The van der Waals surface area contributed by atoms with Crippen molar-refractivity contribution in [1.82, 2.24) is 9.21 Å². The molecule has 1 aliphatic heterocycles. The van der Waals surface area contributed by atoms with Gasteiger partial charge >= 0.3 is 6.18 Å². The predicted molar refractivity (Wildman–Crippen MR) is 133 cm³/mol. The van der Waals surface area contributed by atoms with Gasteiger partial charge in [0.1, 0.15) is 0 Å². The molecule has 1 aliphatic carbocycles. The Morgan fingerprint density at radius 1 is 1.03 bits per heavy atom. The highest BCUT2D eigenvalue weighted by Crippen LogP contribution is 2.38. The molecule has 0 atom stereocenters. The first-order valence-corrected chi connectivity index (χ1v) is 13.7. The second-order valence-electron chi connectivity index (χ2n) is 9.28. The van der Waals surface area contributed by atoms with Crippen LogP contribution in [0, 0.1) is 6.92 Å². The normalized spacial score (nSPS) is 18.0. The van der Waals surface area contributed by atoms with Gasteiger partial charge in [-0.05, 0) is 74.6 Å². The third-order valence-electron chi connectivity index (χ3n) is 6.35. The molecule has 6 nitrogen and oxygen atoms in total. The van der Waals surface area contributed by atoms with Gasteiger partial charge in [0.15, 0.2) is 0 Å². The number of benzene rings is 2. The van der Waals surface area contributed by atoms with E-state index in [1.54, 1.807) is 4.31 Å². The summed E-state index contributed by atoms with van der Waals surface area (Å²) in [5, 5.41) is 3.00. The molecule has 0 aromatic heterocycles. The number of piperidine rings is 1. The molecule has 2 fully saturated rings. The Labute approximate surface area is 218 Å². The lowest BCUT2D eigenvalue weighted by Crippen LogP contribution is -2.49. The summed E-state index contributed by atoms with van der Waals surface area (Å²) in [6, 6.07) is 7.43. The summed E-state index contributed by atoms with van der Waals surface area (Å²) in [5.74, 6) is -0.422. The van der Waals surface area contributed by atoms with Crippen molar-refractivity contribution in [2.75, 3.05) is 25.0 Å². The minimum absolute atomic E-state index is 0.00494. The molecule has 2 aromatic carbocycles. The number of carbonyl (C=O) groups excluding carboxylic acids is 1. The zero-order valence-electron chi connectivity index (χ0n) is 19.5. The molecule has 4 rings (SSSR count). The SMILES string of the molecule is Cc1cc(NC(=O)CN2CCC(N(C3CC3)S(=O)(=O)c3ccc(Cl)c(Cl)c3)CC2)cc(C(F)(F)F)c1. The number of alkyl halides is 3. The van der Waals surface area contributed by atoms with Crippen LogP contribution < -0.4 is 5.32 Å². The van der Waals surface area contributed by atoms with Gasteiger partial charge in [-0.3, -0.25) is 9.69 Å². The number of likely N-dealkylation sites (tertiary alicyclic amines) is 1. The summed E-state index contributed by atoms with van der Waals surface area (Å²) >= 11 is 12.0. The van der Waals surface area contributed by atoms with Gasteiger partial charge in [-0.15, -0.1) is 0 Å². The molecule has 12 heteroatoms. The van der Waals surface area contributed by atoms with E-state index in [0.717, 1.165) is 25.0 Å². The standard InChI is InChI=1S/C24H26Cl2F3N3O3S/c1-15-10-16(24(27,28)29)12-17(11-15)30-23(33)14-31-8-6-19(7-9-31)32(18-2-3-18)36(34,35)20-4-5-21(25)22(26)13-20/h4-5,10-13,18-19H,2-3,6-9,14H2,1H3,(H,30,33). The third kappa shape index (κ3) is 6.34. The molecule has 196 valence electrons. The summed E-state index contributed by atoms with van der Waals surface area (Å²) in [6.07, 6.45) is -1.85. The fourth-order valence-electron chi connectivity index (χ4n) is 4.53. The Bertz CT molecular complexity index is 1240. The molecule has 1 heterocycles. The molecule has 2 aliphatic rings. The van der Waals surface area contributed by atoms with Crippen LogP contribution in [0.4, 0.5) is 18.9 Å². The van der Waals surface area contributed by atoms with Gasteiger partial charge in [0.2, 0.25) is 15.9 Å². The number of rotatable bonds is 7. The van der Waals surface area contributed by atoms with Crippen LogP contribution in [0.5, 0.6) is 0 Å². The van der Waals surface area contributed by atoms with Gasteiger partial charge in [0.05, 0.1) is 27.0 Å². The molecule has 1 saturated carbocycles. The Kier molecular flexibility index (Phi) is 7.92. The fraction of sp³-hybridized carbons (Fsp3) is 0.458. The quantitative estimate of drug-likeness (QED) is 0.477. The largest absolute Gasteiger partial charge is 0.416 e. The van der Waals surface area contributed by atoms with Gasteiger partial charge in [-0.25, -0.2) is 8.42 Å². The van der Waals surface area contributed by atoms with E-state index in [1.807, 2.05) is 4.90 Å². The van der Waals surface area contributed by atoms with E-state index >= 15 is 0 Å². The van der Waals surface area contributed by atoms with Crippen LogP contribution in [-0.2, 0) is 21.0 Å². The van der Waals surface area contributed by atoms with Crippen LogP contribution in [0.15, 0.2) is 41.3 Å². The number of aryl methyl sites for hydroxylation is 1. The summed E-state index contributed by atoms with van der Waals surface area (Å²) in [4.78, 5) is 14.5. The summed E-state index contributed by atoms with van der Waals surface area (Å²) in [7, 11) is -3.78. The van der Waals surface area contributed by atoms with Gasteiger partial charge in [0, 0.05) is 30.9 Å². The van der Waals surface area contributed by atoms with Crippen molar-refractivity contribution in [2.45, 2.75) is 55.8 Å². The number of halogens is 5. The fourth-order valence-corrected chi connectivity index (χ4v) is 6.85. The highest BCUT2D eigenvalue weighted by atomic mass is 35.5. The Balaban J connectivity index is 1.38. The molecule has 0 unspecified atom stereocenters. The first kappa shape index (κ1) is 27.2. The number of hydrogen-bond donors (Lipinski definition) is 1. The number of nitrogens with zero attached hydrogens (tertiary/aromatic N) is 2. The van der Waals surface area contributed by atoms with Crippen molar-refractivity contribution in [3.63, 3.8) is 0 Å². The average molecular weight is 564 g/mol. The van der Waals surface area contributed by atoms with Gasteiger partial charge in [-0.2, -0.15) is 17.5 Å². The Morgan fingerprint density at radius 2 is 1.67 bits per heavy atom. The lowest BCUT2D eigenvalue weighted by atomic mass is 10.0. The number of sulfonamides is 1. The van der Waals surface area contributed by atoms with Crippen LogP contribution in [0.3, 0.4) is 0 Å². The van der Waals surface area contributed by atoms with Crippen LogP contribution in [0.1, 0.15) is 36.8 Å². The Hall–Kier alpha value is -1.85. The number of carbonyl (C=O) groups is 1. The third-order valence-corrected chi connectivity index (χ3v) is 9.09. The van der Waals surface area contributed by atoms with Crippen molar-refractivity contribution in [2.24, 2.45) is 0 Å². The van der Waals surface area contributed by atoms with Crippen molar-refractivity contribution < 1.29 is 26.4 Å². The summed E-state index contributed by atoms with van der Waals surface area (Å²) in [5.41, 5.74) is -0.332. The molecule has 0 radical (unpaired) electrons. The first-order chi connectivity index (χ1) is 16.8. The van der Waals surface area contributed by atoms with E-state index in [0.29, 0.717) is 31.5 Å². The van der Waals surface area contributed by atoms with Gasteiger partial charge in [-0.1, -0.05) is 23.2 Å². The molecular weight excluding hydrogens is 538 g/mol. The summed E-state index contributed by atoms with van der Waals surface area (Å²) < 4.78 is 67.7.